The highest BCUT2D eigenvalue weighted by Crippen LogP contribution is 2.35. The van der Waals surface area contributed by atoms with E-state index >= 15 is 0 Å². The monoisotopic (exact) mass is 326 g/mol. The van der Waals surface area contributed by atoms with Crippen molar-refractivity contribution in [3.8, 4) is 11.5 Å². The summed E-state index contributed by atoms with van der Waals surface area (Å²) < 4.78 is 6.75. The highest BCUT2D eigenvalue weighted by molar-refractivity contribution is 9.10. The van der Waals surface area contributed by atoms with Gasteiger partial charge in [0.2, 0.25) is 0 Å². The van der Waals surface area contributed by atoms with E-state index in [1.807, 2.05) is 25.1 Å². The first-order chi connectivity index (χ1) is 8.61. The van der Waals surface area contributed by atoms with Gasteiger partial charge in [0.15, 0.2) is 5.75 Å². The number of ether oxygens (including phenoxy) is 1. The van der Waals surface area contributed by atoms with Gasteiger partial charge in [-0.25, -0.2) is 0 Å². The number of benzene rings is 2. The van der Waals surface area contributed by atoms with Crippen molar-refractivity contribution in [2.24, 2.45) is 0 Å². The molecule has 0 amide bonds. The highest BCUT2D eigenvalue weighted by atomic mass is 79.9. The average Bonchev–Trinajstić information content (AvgIpc) is 2.36. The lowest BCUT2D eigenvalue weighted by Crippen LogP contribution is -1.94. The molecule has 2 rings (SSSR count). The van der Waals surface area contributed by atoms with E-state index in [0.29, 0.717) is 22.1 Å². The summed E-state index contributed by atoms with van der Waals surface area (Å²) in [6.07, 6.45) is 0. The van der Waals surface area contributed by atoms with Gasteiger partial charge in [0.05, 0.1) is 11.6 Å². The van der Waals surface area contributed by atoms with Gasteiger partial charge in [-0.05, 0) is 30.7 Å². The first-order valence-electron chi connectivity index (χ1n) is 5.44. The Hall–Kier alpha value is -1.03. The normalized spacial score (nSPS) is 10.4. The first-order valence-corrected chi connectivity index (χ1v) is 6.61. The molecule has 0 radical (unpaired) electrons. The van der Waals surface area contributed by atoms with Gasteiger partial charge in [-0.15, -0.1) is 0 Å². The number of hydrogen-bond acceptors (Lipinski definition) is 2. The van der Waals surface area contributed by atoms with E-state index < -0.39 is 0 Å². The van der Waals surface area contributed by atoms with Gasteiger partial charge in [0, 0.05) is 10.0 Å². The summed E-state index contributed by atoms with van der Waals surface area (Å²) in [4.78, 5) is 0. The second kappa shape index (κ2) is 5.74. The third-order valence-corrected chi connectivity index (χ3v) is 3.37. The lowest BCUT2D eigenvalue weighted by Gasteiger charge is -2.13. The molecule has 0 saturated carbocycles. The Morgan fingerprint density at radius 3 is 2.78 bits per heavy atom. The van der Waals surface area contributed by atoms with E-state index in [1.165, 1.54) is 0 Å². The number of aliphatic hydroxyl groups is 1. The van der Waals surface area contributed by atoms with Crippen molar-refractivity contribution in [3.05, 3.63) is 57.0 Å². The fraction of sp³-hybridized carbons (Fsp3) is 0.143. The minimum atomic E-state index is -0.108. The van der Waals surface area contributed by atoms with Crippen LogP contribution >= 0.6 is 27.5 Å². The quantitative estimate of drug-likeness (QED) is 0.885. The van der Waals surface area contributed by atoms with Crippen LogP contribution in [0.4, 0.5) is 0 Å². The second-order valence-electron chi connectivity index (χ2n) is 3.90. The summed E-state index contributed by atoms with van der Waals surface area (Å²) >= 11 is 9.50. The zero-order chi connectivity index (χ0) is 13.1. The van der Waals surface area contributed by atoms with Crippen LogP contribution in [0.2, 0.25) is 5.02 Å². The summed E-state index contributed by atoms with van der Waals surface area (Å²) in [6, 6.07) is 11.1. The Balaban J connectivity index is 2.42. The van der Waals surface area contributed by atoms with Gasteiger partial charge in [-0.1, -0.05) is 45.7 Å². The number of aliphatic hydroxyl groups excluding tert-OH is 1. The first kappa shape index (κ1) is 13.4. The molecule has 4 heteroatoms. The molecule has 0 fully saturated rings. The summed E-state index contributed by atoms with van der Waals surface area (Å²) in [6.45, 7) is 1.85. The van der Waals surface area contributed by atoms with Crippen molar-refractivity contribution in [1.29, 1.82) is 0 Å². The van der Waals surface area contributed by atoms with Crippen molar-refractivity contribution >= 4 is 27.5 Å². The smallest absolute Gasteiger partial charge is 0.151 e. The van der Waals surface area contributed by atoms with Crippen molar-refractivity contribution in [2.45, 2.75) is 13.5 Å². The second-order valence-corrected chi connectivity index (χ2v) is 5.22. The summed E-state index contributed by atoms with van der Waals surface area (Å²) in [5.41, 5.74) is 1.67. The molecule has 0 heterocycles. The lowest BCUT2D eigenvalue weighted by atomic mass is 10.2. The molecule has 18 heavy (non-hydrogen) atoms. The van der Waals surface area contributed by atoms with Gasteiger partial charge >= 0.3 is 0 Å². The van der Waals surface area contributed by atoms with Crippen LogP contribution in [-0.2, 0) is 6.61 Å². The van der Waals surface area contributed by atoms with E-state index in [-0.39, 0.29) is 6.61 Å². The van der Waals surface area contributed by atoms with Gasteiger partial charge in [-0.3, -0.25) is 0 Å². The molecule has 0 spiro atoms. The Morgan fingerprint density at radius 2 is 2.06 bits per heavy atom. The predicted molar refractivity (Wildman–Crippen MR) is 76.3 cm³/mol. The largest absolute Gasteiger partial charge is 0.455 e. The molecule has 94 valence electrons. The van der Waals surface area contributed by atoms with Crippen molar-refractivity contribution < 1.29 is 9.84 Å². The van der Waals surface area contributed by atoms with E-state index in [0.717, 1.165) is 10.0 Å². The Bertz CT molecular complexity index is 570. The van der Waals surface area contributed by atoms with Crippen LogP contribution in [0.3, 0.4) is 0 Å². The predicted octanol–water partition coefficient (Wildman–Crippen LogP) is 4.70. The maximum atomic E-state index is 9.30. The molecule has 0 atom stereocenters. The van der Waals surface area contributed by atoms with E-state index in [4.69, 9.17) is 16.3 Å². The number of para-hydroxylation sites is 1. The molecule has 0 saturated heterocycles. The minimum absolute atomic E-state index is 0.108. The molecule has 0 bridgehead atoms. The van der Waals surface area contributed by atoms with E-state index in [9.17, 15) is 5.11 Å². The Labute approximate surface area is 119 Å². The molecule has 0 aliphatic rings. The summed E-state index contributed by atoms with van der Waals surface area (Å²) in [5.74, 6) is 1.22. The highest BCUT2D eigenvalue weighted by Gasteiger charge is 2.10. The van der Waals surface area contributed by atoms with Crippen LogP contribution in [0.15, 0.2) is 40.9 Å². The van der Waals surface area contributed by atoms with Crippen molar-refractivity contribution in [2.75, 3.05) is 0 Å². The lowest BCUT2D eigenvalue weighted by molar-refractivity contribution is 0.276. The molecule has 2 aromatic rings. The van der Waals surface area contributed by atoms with Crippen LogP contribution in [0, 0.1) is 6.92 Å². The van der Waals surface area contributed by atoms with Gasteiger partial charge in [0.1, 0.15) is 5.75 Å². The van der Waals surface area contributed by atoms with Gasteiger partial charge in [-0.2, -0.15) is 0 Å². The average molecular weight is 328 g/mol. The fourth-order valence-electron chi connectivity index (χ4n) is 1.59. The van der Waals surface area contributed by atoms with Crippen LogP contribution in [-0.4, -0.2) is 5.11 Å². The zero-order valence-electron chi connectivity index (χ0n) is 9.78. The van der Waals surface area contributed by atoms with Crippen LogP contribution in [0.5, 0.6) is 11.5 Å². The van der Waals surface area contributed by atoms with E-state index in [1.54, 1.807) is 18.2 Å². The molecular weight excluding hydrogens is 316 g/mol. The maximum Gasteiger partial charge on any atom is 0.151 e. The van der Waals surface area contributed by atoms with Crippen molar-refractivity contribution in [1.82, 2.24) is 0 Å². The topological polar surface area (TPSA) is 29.5 Å². The third-order valence-electron chi connectivity index (χ3n) is 2.58. The van der Waals surface area contributed by atoms with Crippen LogP contribution < -0.4 is 4.74 Å². The van der Waals surface area contributed by atoms with E-state index in [2.05, 4.69) is 15.9 Å². The van der Waals surface area contributed by atoms with Crippen molar-refractivity contribution in [3.63, 3.8) is 0 Å². The zero-order valence-corrected chi connectivity index (χ0v) is 12.1. The molecule has 0 aromatic heterocycles. The standard InChI is InChI=1S/C14H12BrClO2/c1-9-5-6-11(15)7-13(9)18-14-10(8-17)3-2-4-12(14)16/h2-7,17H,8H2,1H3. The SMILES string of the molecule is Cc1ccc(Br)cc1Oc1c(Cl)cccc1CO. The molecular formula is C14H12BrClO2. The maximum absolute atomic E-state index is 9.30. The molecule has 0 aliphatic heterocycles. The summed E-state index contributed by atoms with van der Waals surface area (Å²) in [5, 5.41) is 9.78. The third kappa shape index (κ3) is 2.86. The molecule has 2 aromatic carbocycles. The molecule has 0 unspecified atom stereocenters. The Kier molecular flexibility index (Phi) is 4.27. The van der Waals surface area contributed by atoms with Gasteiger partial charge in [0.25, 0.3) is 0 Å². The molecule has 0 aliphatic carbocycles. The summed E-state index contributed by atoms with van der Waals surface area (Å²) in [7, 11) is 0. The molecule has 2 nitrogen and oxygen atoms in total. The Morgan fingerprint density at radius 1 is 1.28 bits per heavy atom. The van der Waals surface area contributed by atoms with Gasteiger partial charge < -0.3 is 9.84 Å². The minimum Gasteiger partial charge on any atom is -0.455 e. The molecule has 1 N–H and O–H groups in total. The van der Waals surface area contributed by atoms with Crippen LogP contribution in [0.25, 0.3) is 0 Å². The van der Waals surface area contributed by atoms with Crippen LogP contribution in [0.1, 0.15) is 11.1 Å². The number of hydrogen-bond donors (Lipinski definition) is 1. The number of rotatable bonds is 3. The number of halogens is 2. The number of aryl methyl sites for hydroxylation is 1. The fourth-order valence-corrected chi connectivity index (χ4v) is 2.16.